The summed E-state index contributed by atoms with van der Waals surface area (Å²) in [6.45, 7) is 0. The highest BCUT2D eigenvalue weighted by molar-refractivity contribution is 9.09. The SMILES string of the molecule is O=[N+]([O-])c1cccc(C(CBr)=NO)c1. The van der Waals surface area contributed by atoms with Crippen LogP contribution in [0.1, 0.15) is 5.56 Å². The number of hydrogen-bond acceptors (Lipinski definition) is 4. The molecule has 0 saturated heterocycles. The van der Waals surface area contributed by atoms with Crippen molar-refractivity contribution in [1.29, 1.82) is 0 Å². The van der Waals surface area contributed by atoms with Crippen molar-refractivity contribution in [1.82, 2.24) is 0 Å². The van der Waals surface area contributed by atoms with Gasteiger partial charge in [0.15, 0.2) is 0 Å². The molecule has 1 rings (SSSR count). The van der Waals surface area contributed by atoms with Crippen molar-refractivity contribution in [3.05, 3.63) is 39.9 Å². The van der Waals surface area contributed by atoms with E-state index in [1.54, 1.807) is 12.1 Å². The average molecular weight is 259 g/mol. The molecular formula is C8H7BrN2O3. The smallest absolute Gasteiger partial charge is 0.270 e. The molecule has 0 fully saturated rings. The molecule has 5 nitrogen and oxygen atoms in total. The van der Waals surface area contributed by atoms with E-state index in [4.69, 9.17) is 5.21 Å². The lowest BCUT2D eigenvalue weighted by Crippen LogP contribution is -2.02. The molecule has 0 bridgehead atoms. The monoisotopic (exact) mass is 258 g/mol. The number of nitro benzene ring substituents is 1. The minimum absolute atomic E-state index is 0.0235. The number of benzene rings is 1. The highest BCUT2D eigenvalue weighted by Crippen LogP contribution is 2.14. The first kappa shape index (κ1) is 10.6. The molecule has 0 saturated carbocycles. The molecule has 0 aliphatic carbocycles. The van der Waals surface area contributed by atoms with Crippen molar-refractivity contribution in [2.75, 3.05) is 5.33 Å². The lowest BCUT2D eigenvalue weighted by atomic mass is 10.1. The Kier molecular flexibility index (Phi) is 3.58. The van der Waals surface area contributed by atoms with Crippen LogP contribution >= 0.6 is 15.9 Å². The molecule has 0 unspecified atom stereocenters. The molecule has 0 amide bonds. The number of nitrogens with zero attached hydrogens (tertiary/aromatic N) is 2. The van der Waals surface area contributed by atoms with Gasteiger partial charge in [-0.2, -0.15) is 0 Å². The van der Waals surface area contributed by atoms with Gasteiger partial charge in [0.25, 0.3) is 5.69 Å². The molecule has 6 heteroatoms. The minimum atomic E-state index is -0.493. The fourth-order valence-corrected chi connectivity index (χ4v) is 1.40. The third kappa shape index (κ3) is 2.29. The number of hydrogen-bond donors (Lipinski definition) is 1. The fourth-order valence-electron chi connectivity index (χ4n) is 0.961. The minimum Gasteiger partial charge on any atom is -0.411 e. The Morgan fingerprint density at radius 1 is 1.64 bits per heavy atom. The highest BCUT2D eigenvalue weighted by Gasteiger charge is 2.09. The maximum Gasteiger partial charge on any atom is 0.270 e. The van der Waals surface area contributed by atoms with Crippen LogP contribution in [0, 0.1) is 10.1 Å². The predicted molar refractivity (Wildman–Crippen MR) is 55.2 cm³/mol. The van der Waals surface area contributed by atoms with Gasteiger partial charge < -0.3 is 5.21 Å². The van der Waals surface area contributed by atoms with E-state index in [1.807, 2.05) is 0 Å². The summed E-state index contributed by atoms with van der Waals surface area (Å²) < 4.78 is 0. The number of rotatable bonds is 3. The van der Waals surface area contributed by atoms with Crippen molar-refractivity contribution in [3.8, 4) is 0 Å². The van der Waals surface area contributed by atoms with E-state index < -0.39 is 4.92 Å². The second kappa shape index (κ2) is 4.71. The van der Waals surface area contributed by atoms with Gasteiger partial charge in [0.1, 0.15) is 0 Å². The van der Waals surface area contributed by atoms with Crippen molar-refractivity contribution in [2.45, 2.75) is 0 Å². The lowest BCUT2D eigenvalue weighted by molar-refractivity contribution is -0.384. The summed E-state index contributed by atoms with van der Waals surface area (Å²) in [5, 5.41) is 22.4. The number of nitro groups is 1. The van der Waals surface area contributed by atoms with Crippen molar-refractivity contribution < 1.29 is 10.1 Å². The topological polar surface area (TPSA) is 75.7 Å². The Bertz CT molecular complexity index is 379. The Hall–Kier alpha value is -1.43. The molecule has 0 atom stereocenters. The van der Waals surface area contributed by atoms with Crippen LogP contribution in [0.15, 0.2) is 29.4 Å². The number of halogens is 1. The second-order valence-electron chi connectivity index (χ2n) is 2.49. The molecule has 1 N–H and O–H groups in total. The molecule has 0 heterocycles. The Morgan fingerprint density at radius 2 is 2.36 bits per heavy atom. The summed E-state index contributed by atoms with van der Waals surface area (Å²) in [6, 6.07) is 5.92. The van der Waals surface area contributed by atoms with E-state index in [1.165, 1.54) is 12.1 Å². The van der Waals surface area contributed by atoms with Gasteiger partial charge in [-0.1, -0.05) is 33.2 Å². The summed E-state index contributed by atoms with van der Waals surface area (Å²) in [6.07, 6.45) is 0. The summed E-state index contributed by atoms with van der Waals surface area (Å²) >= 11 is 3.11. The van der Waals surface area contributed by atoms with Crippen LogP contribution in [0.25, 0.3) is 0 Å². The summed E-state index contributed by atoms with van der Waals surface area (Å²) in [5.74, 6) is 0. The third-order valence-corrected chi connectivity index (χ3v) is 2.17. The van der Waals surface area contributed by atoms with Gasteiger partial charge in [-0.3, -0.25) is 10.1 Å². The largest absolute Gasteiger partial charge is 0.411 e. The Morgan fingerprint density at radius 3 is 2.86 bits per heavy atom. The van der Waals surface area contributed by atoms with E-state index in [9.17, 15) is 10.1 Å². The first-order valence-electron chi connectivity index (χ1n) is 3.70. The van der Waals surface area contributed by atoms with E-state index in [-0.39, 0.29) is 5.69 Å². The van der Waals surface area contributed by atoms with Gasteiger partial charge in [-0.15, -0.1) is 0 Å². The van der Waals surface area contributed by atoms with Gasteiger partial charge in [0, 0.05) is 23.0 Å². The second-order valence-corrected chi connectivity index (χ2v) is 3.05. The Labute approximate surface area is 88.3 Å². The first-order chi connectivity index (χ1) is 6.69. The van der Waals surface area contributed by atoms with E-state index in [0.29, 0.717) is 16.6 Å². The maximum absolute atomic E-state index is 10.4. The third-order valence-electron chi connectivity index (χ3n) is 1.64. The van der Waals surface area contributed by atoms with Crippen LogP contribution in [0.2, 0.25) is 0 Å². The zero-order chi connectivity index (χ0) is 10.6. The number of oxime groups is 1. The fraction of sp³-hybridized carbons (Fsp3) is 0.125. The lowest BCUT2D eigenvalue weighted by Gasteiger charge is -1.99. The van der Waals surface area contributed by atoms with E-state index in [2.05, 4.69) is 21.1 Å². The van der Waals surface area contributed by atoms with Crippen molar-refractivity contribution >= 4 is 27.3 Å². The molecule has 1 aromatic rings. The van der Waals surface area contributed by atoms with Crippen LogP contribution in [-0.4, -0.2) is 21.2 Å². The summed E-state index contributed by atoms with van der Waals surface area (Å²) in [7, 11) is 0. The molecule has 1 aromatic carbocycles. The molecule has 0 aliphatic heterocycles. The molecule has 0 spiro atoms. The van der Waals surface area contributed by atoms with E-state index in [0.717, 1.165) is 0 Å². The van der Waals surface area contributed by atoms with Gasteiger partial charge in [-0.05, 0) is 0 Å². The van der Waals surface area contributed by atoms with Crippen LogP contribution in [0.3, 0.4) is 0 Å². The standard InChI is InChI=1S/C8H7BrN2O3/c9-5-8(10-12)6-2-1-3-7(4-6)11(13)14/h1-4,12H,5H2. The molecule has 0 aliphatic rings. The zero-order valence-electron chi connectivity index (χ0n) is 7.05. The van der Waals surface area contributed by atoms with E-state index >= 15 is 0 Å². The van der Waals surface area contributed by atoms with Crippen LogP contribution in [0.4, 0.5) is 5.69 Å². The van der Waals surface area contributed by atoms with Crippen LogP contribution in [0.5, 0.6) is 0 Å². The normalized spacial score (nSPS) is 11.4. The summed E-state index contributed by atoms with van der Waals surface area (Å²) in [5.41, 5.74) is 0.858. The van der Waals surface area contributed by atoms with Crippen LogP contribution < -0.4 is 0 Å². The zero-order valence-corrected chi connectivity index (χ0v) is 8.64. The molecule has 0 radical (unpaired) electrons. The van der Waals surface area contributed by atoms with Crippen molar-refractivity contribution in [3.63, 3.8) is 0 Å². The van der Waals surface area contributed by atoms with Gasteiger partial charge >= 0.3 is 0 Å². The summed E-state index contributed by atoms with van der Waals surface area (Å²) in [4.78, 5) is 9.95. The average Bonchev–Trinajstić information content (AvgIpc) is 2.20. The number of non-ortho nitro benzene ring substituents is 1. The molecular weight excluding hydrogens is 252 g/mol. The number of alkyl halides is 1. The molecule has 0 aromatic heterocycles. The van der Waals surface area contributed by atoms with Gasteiger partial charge in [0.05, 0.1) is 10.6 Å². The quantitative estimate of drug-likeness (QED) is 0.297. The molecule has 14 heavy (non-hydrogen) atoms. The van der Waals surface area contributed by atoms with Crippen molar-refractivity contribution in [2.24, 2.45) is 5.16 Å². The first-order valence-corrected chi connectivity index (χ1v) is 4.83. The van der Waals surface area contributed by atoms with Crippen LogP contribution in [-0.2, 0) is 0 Å². The predicted octanol–water partition coefficient (Wildman–Crippen LogP) is 2.17. The Balaban J connectivity index is 3.11. The molecule has 74 valence electrons. The van der Waals surface area contributed by atoms with Gasteiger partial charge in [-0.25, -0.2) is 0 Å². The highest BCUT2D eigenvalue weighted by atomic mass is 79.9. The maximum atomic E-state index is 10.4. The van der Waals surface area contributed by atoms with Gasteiger partial charge in [0.2, 0.25) is 0 Å².